The van der Waals surface area contributed by atoms with Crippen molar-refractivity contribution >= 4 is 11.8 Å². The van der Waals surface area contributed by atoms with Gasteiger partial charge in [-0.15, -0.1) is 0 Å². The van der Waals surface area contributed by atoms with Crippen LogP contribution < -0.4 is 5.43 Å². The first kappa shape index (κ1) is 19.1. The Hall–Kier alpha value is -1.91. The SMILES string of the molecule is CCCCCCC(=O)NN(C(=O)c1cccc(F)c1)C(C)(C)C. The number of rotatable bonds is 6. The zero-order valence-corrected chi connectivity index (χ0v) is 14.5. The number of benzene rings is 1. The van der Waals surface area contributed by atoms with Gasteiger partial charge >= 0.3 is 0 Å². The number of hydrogen-bond acceptors (Lipinski definition) is 2. The van der Waals surface area contributed by atoms with Crippen LogP contribution in [0.2, 0.25) is 0 Å². The average Bonchev–Trinajstić information content (AvgIpc) is 2.47. The molecular weight excluding hydrogens is 295 g/mol. The van der Waals surface area contributed by atoms with E-state index in [0.717, 1.165) is 25.7 Å². The topological polar surface area (TPSA) is 49.4 Å². The van der Waals surface area contributed by atoms with Gasteiger partial charge in [0.25, 0.3) is 5.91 Å². The monoisotopic (exact) mass is 322 g/mol. The molecule has 0 saturated heterocycles. The van der Waals surface area contributed by atoms with Gasteiger partial charge in [-0.25, -0.2) is 9.40 Å². The normalized spacial score (nSPS) is 11.2. The van der Waals surface area contributed by atoms with Gasteiger partial charge in [0, 0.05) is 12.0 Å². The molecule has 128 valence electrons. The summed E-state index contributed by atoms with van der Waals surface area (Å²) in [7, 11) is 0. The summed E-state index contributed by atoms with van der Waals surface area (Å²) in [6.07, 6.45) is 4.37. The second-order valence-electron chi connectivity index (χ2n) is 6.67. The highest BCUT2D eigenvalue weighted by atomic mass is 19.1. The lowest BCUT2D eigenvalue weighted by atomic mass is 10.1. The molecule has 0 aromatic heterocycles. The van der Waals surface area contributed by atoms with Crippen LogP contribution in [0.15, 0.2) is 24.3 Å². The fourth-order valence-electron chi connectivity index (χ4n) is 2.17. The molecule has 2 amide bonds. The van der Waals surface area contributed by atoms with E-state index in [-0.39, 0.29) is 11.5 Å². The first-order chi connectivity index (χ1) is 10.8. The van der Waals surface area contributed by atoms with Crippen LogP contribution in [0.1, 0.15) is 70.2 Å². The molecular formula is C18H27FN2O2. The quantitative estimate of drug-likeness (QED) is 0.634. The third kappa shape index (κ3) is 6.38. The second-order valence-corrected chi connectivity index (χ2v) is 6.67. The van der Waals surface area contributed by atoms with E-state index < -0.39 is 17.3 Å². The first-order valence-corrected chi connectivity index (χ1v) is 8.15. The summed E-state index contributed by atoms with van der Waals surface area (Å²) in [5.41, 5.74) is 2.28. The van der Waals surface area contributed by atoms with Gasteiger partial charge in [0.2, 0.25) is 5.91 Å². The molecule has 1 aromatic rings. The maximum atomic E-state index is 13.3. The van der Waals surface area contributed by atoms with Crippen LogP contribution in [0.4, 0.5) is 4.39 Å². The molecule has 0 aliphatic carbocycles. The van der Waals surface area contributed by atoms with Gasteiger partial charge < -0.3 is 0 Å². The van der Waals surface area contributed by atoms with Crippen molar-refractivity contribution in [3.8, 4) is 0 Å². The molecule has 0 aliphatic rings. The van der Waals surface area contributed by atoms with Gasteiger partial charge in [0.15, 0.2) is 0 Å². The molecule has 0 aliphatic heterocycles. The van der Waals surface area contributed by atoms with Crippen LogP contribution in [0.5, 0.6) is 0 Å². The van der Waals surface area contributed by atoms with Crippen molar-refractivity contribution in [1.29, 1.82) is 0 Å². The highest BCUT2D eigenvalue weighted by Gasteiger charge is 2.29. The molecule has 0 atom stereocenters. The number of hydrogen-bond donors (Lipinski definition) is 1. The summed E-state index contributed by atoms with van der Waals surface area (Å²) < 4.78 is 13.3. The van der Waals surface area contributed by atoms with Gasteiger partial charge in [-0.3, -0.25) is 15.0 Å². The summed E-state index contributed by atoms with van der Waals surface area (Å²) in [5.74, 6) is -1.09. The third-order valence-corrected chi connectivity index (χ3v) is 3.44. The Bertz CT molecular complexity index is 538. The molecule has 0 radical (unpaired) electrons. The lowest BCUT2D eigenvalue weighted by Gasteiger charge is -2.35. The van der Waals surface area contributed by atoms with Crippen LogP contribution in [0.3, 0.4) is 0 Å². The zero-order valence-electron chi connectivity index (χ0n) is 14.5. The minimum absolute atomic E-state index is 0.194. The summed E-state index contributed by atoms with van der Waals surface area (Å²) in [6, 6.07) is 5.48. The van der Waals surface area contributed by atoms with E-state index in [1.54, 1.807) is 0 Å². The van der Waals surface area contributed by atoms with Crippen molar-refractivity contribution in [3.05, 3.63) is 35.6 Å². The predicted molar refractivity (Wildman–Crippen MR) is 89.2 cm³/mol. The Morgan fingerprint density at radius 2 is 1.87 bits per heavy atom. The highest BCUT2D eigenvalue weighted by Crippen LogP contribution is 2.16. The highest BCUT2D eigenvalue weighted by molar-refractivity contribution is 5.95. The maximum absolute atomic E-state index is 13.3. The molecule has 0 spiro atoms. The number of carbonyl (C=O) groups is 2. The number of amides is 2. The van der Waals surface area contributed by atoms with Crippen LogP contribution in [-0.2, 0) is 4.79 Å². The van der Waals surface area contributed by atoms with E-state index in [0.29, 0.717) is 6.42 Å². The molecule has 1 aromatic carbocycles. The van der Waals surface area contributed by atoms with Gasteiger partial charge in [-0.1, -0.05) is 32.3 Å². The molecule has 0 unspecified atom stereocenters. The van der Waals surface area contributed by atoms with Crippen molar-refractivity contribution in [2.75, 3.05) is 0 Å². The Balaban J connectivity index is 2.77. The van der Waals surface area contributed by atoms with E-state index in [1.165, 1.54) is 29.3 Å². The van der Waals surface area contributed by atoms with Crippen LogP contribution in [-0.4, -0.2) is 22.4 Å². The molecule has 23 heavy (non-hydrogen) atoms. The molecule has 0 heterocycles. The van der Waals surface area contributed by atoms with Crippen LogP contribution in [0.25, 0.3) is 0 Å². The Kier molecular flexibility index (Phi) is 7.20. The average molecular weight is 322 g/mol. The number of carbonyl (C=O) groups excluding carboxylic acids is 2. The fourth-order valence-corrected chi connectivity index (χ4v) is 2.17. The van der Waals surface area contributed by atoms with E-state index in [9.17, 15) is 14.0 Å². The largest absolute Gasteiger partial charge is 0.273 e. The van der Waals surface area contributed by atoms with Crippen molar-refractivity contribution in [1.82, 2.24) is 10.4 Å². The number of nitrogens with one attached hydrogen (secondary N) is 1. The van der Waals surface area contributed by atoms with Crippen LogP contribution in [0, 0.1) is 5.82 Å². The van der Waals surface area contributed by atoms with E-state index >= 15 is 0 Å². The number of unbranched alkanes of at least 4 members (excludes halogenated alkanes) is 3. The molecule has 1 N–H and O–H groups in total. The lowest BCUT2D eigenvalue weighted by Crippen LogP contribution is -2.55. The summed E-state index contributed by atoms with van der Waals surface area (Å²) in [6.45, 7) is 7.57. The maximum Gasteiger partial charge on any atom is 0.272 e. The Morgan fingerprint density at radius 1 is 1.17 bits per heavy atom. The van der Waals surface area contributed by atoms with Crippen LogP contribution >= 0.6 is 0 Å². The van der Waals surface area contributed by atoms with E-state index in [1.807, 2.05) is 20.8 Å². The second kappa shape index (κ2) is 8.65. The van der Waals surface area contributed by atoms with Gasteiger partial charge in [-0.2, -0.15) is 0 Å². The van der Waals surface area contributed by atoms with Crippen molar-refractivity contribution in [2.24, 2.45) is 0 Å². The number of nitrogens with zero attached hydrogens (tertiary/aromatic N) is 1. The molecule has 4 nitrogen and oxygen atoms in total. The molecule has 0 fully saturated rings. The van der Waals surface area contributed by atoms with Crippen molar-refractivity contribution < 1.29 is 14.0 Å². The summed E-state index contributed by atoms with van der Waals surface area (Å²) in [5, 5.41) is 1.28. The lowest BCUT2D eigenvalue weighted by molar-refractivity contribution is -0.127. The summed E-state index contributed by atoms with van der Waals surface area (Å²) in [4.78, 5) is 24.7. The minimum atomic E-state index is -0.609. The molecule has 0 bridgehead atoms. The first-order valence-electron chi connectivity index (χ1n) is 8.15. The summed E-state index contributed by atoms with van der Waals surface area (Å²) >= 11 is 0. The minimum Gasteiger partial charge on any atom is -0.273 e. The number of halogens is 1. The van der Waals surface area contributed by atoms with Crippen molar-refractivity contribution in [3.63, 3.8) is 0 Å². The van der Waals surface area contributed by atoms with Crippen molar-refractivity contribution in [2.45, 2.75) is 65.3 Å². The predicted octanol–water partition coefficient (Wildman–Crippen LogP) is 4.07. The zero-order chi connectivity index (χ0) is 17.5. The smallest absolute Gasteiger partial charge is 0.272 e. The molecule has 5 heteroatoms. The third-order valence-electron chi connectivity index (χ3n) is 3.44. The van der Waals surface area contributed by atoms with E-state index in [4.69, 9.17) is 0 Å². The Morgan fingerprint density at radius 3 is 2.43 bits per heavy atom. The standard InChI is InChI=1S/C18H27FN2O2/c1-5-6-7-8-12-16(22)20-21(18(2,3)4)17(23)14-10-9-11-15(19)13-14/h9-11,13H,5-8,12H2,1-4H3,(H,20,22). The molecule has 1 rings (SSSR count). The Labute approximate surface area is 138 Å². The fraction of sp³-hybridized carbons (Fsp3) is 0.556. The van der Waals surface area contributed by atoms with E-state index in [2.05, 4.69) is 12.3 Å². The van der Waals surface area contributed by atoms with Gasteiger partial charge in [0.1, 0.15) is 5.82 Å². The van der Waals surface area contributed by atoms with Gasteiger partial charge in [0.05, 0.1) is 5.54 Å². The number of hydrazine groups is 1. The van der Waals surface area contributed by atoms with Gasteiger partial charge in [-0.05, 0) is 45.4 Å². The molecule has 0 saturated carbocycles.